The average Bonchev–Trinajstić information content (AvgIpc) is 2.19. The zero-order chi connectivity index (χ0) is 15.3. The Hall–Kier alpha value is -0.990. The van der Waals surface area contributed by atoms with Crippen molar-refractivity contribution in [3.8, 4) is 0 Å². The van der Waals surface area contributed by atoms with E-state index in [1.807, 2.05) is 0 Å². The summed E-state index contributed by atoms with van der Waals surface area (Å²) in [5.41, 5.74) is 5.19. The van der Waals surface area contributed by atoms with Crippen LogP contribution in [-0.4, -0.2) is 43.3 Å². The maximum atomic E-state index is 12.3. The second-order valence-corrected chi connectivity index (χ2v) is 4.13. The lowest BCUT2D eigenvalue weighted by molar-refractivity contribution is -0.277. The van der Waals surface area contributed by atoms with Gasteiger partial charge in [-0.05, 0) is 19.4 Å². The molecule has 0 radical (unpaired) electrons. The molecule has 0 saturated carbocycles. The molecular weight excluding hydrogens is 278 g/mol. The summed E-state index contributed by atoms with van der Waals surface area (Å²) in [7, 11) is 0.926. The first-order chi connectivity index (χ1) is 8.51. The van der Waals surface area contributed by atoms with Crippen LogP contribution in [0.5, 0.6) is 0 Å². The van der Waals surface area contributed by atoms with Gasteiger partial charge >= 0.3 is 12.4 Å². The van der Waals surface area contributed by atoms with Gasteiger partial charge in [-0.25, -0.2) is 0 Å². The summed E-state index contributed by atoms with van der Waals surface area (Å²) in [5, 5.41) is 0. The van der Waals surface area contributed by atoms with E-state index in [0.717, 1.165) is 7.05 Å². The summed E-state index contributed by atoms with van der Waals surface area (Å²) in [6, 6.07) is 0. The van der Waals surface area contributed by atoms with E-state index in [1.165, 1.54) is 0 Å². The maximum Gasteiger partial charge on any atom is 0.409 e. The molecule has 114 valence electrons. The van der Waals surface area contributed by atoms with Crippen molar-refractivity contribution in [2.24, 2.45) is 11.7 Å². The number of alkyl halides is 6. The van der Waals surface area contributed by atoms with Crippen molar-refractivity contribution in [3.05, 3.63) is 0 Å². The number of carbonyl (C=O) groups is 1. The summed E-state index contributed by atoms with van der Waals surface area (Å²) >= 11 is 0. The van der Waals surface area contributed by atoms with E-state index in [1.54, 1.807) is 0 Å². The number of rotatable bonds is 6. The lowest BCUT2D eigenvalue weighted by Gasteiger charge is -2.27. The minimum absolute atomic E-state index is 0.165. The Balaban J connectivity index is 4.65. The Labute approximate surface area is 106 Å². The van der Waals surface area contributed by atoms with Gasteiger partial charge in [0.25, 0.3) is 0 Å². The van der Waals surface area contributed by atoms with Crippen molar-refractivity contribution in [1.82, 2.24) is 4.90 Å². The van der Waals surface area contributed by atoms with Gasteiger partial charge in [-0.2, -0.15) is 26.3 Å². The third-order valence-corrected chi connectivity index (χ3v) is 2.48. The lowest BCUT2D eigenvalue weighted by Crippen LogP contribution is -2.48. The van der Waals surface area contributed by atoms with Gasteiger partial charge in [0.05, 0.1) is 0 Å². The molecule has 0 bridgehead atoms. The van der Waals surface area contributed by atoms with E-state index in [-0.39, 0.29) is 6.54 Å². The highest BCUT2D eigenvalue weighted by molar-refractivity contribution is 5.80. The van der Waals surface area contributed by atoms with Gasteiger partial charge in [-0.1, -0.05) is 6.42 Å². The van der Waals surface area contributed by atoms with Gasteiger partial charge in [0.15, 0.2) is 0 Å². The van der Waals surface area contributed by atoms with Crippen LogP contribution < -0.4 is 5.73 Å². The molecule has 0 aliphatic heterocycles. The number of nitrogens with two attached hydrogens (primary N) is 1. The van der Waals surface area contributed by atoms with Gasteiger partial charge in [0.1, 0.15) is 0 Å². The first-order valence-corrected chi connectivity index (χ1v) is 5.60. The third-order valence-electron chi connectivity index (χ3n) is 2.48. The smallest absolute Gasteiger partial charge is 0.345 e. The number of nitrogens with zero attached hydrogens (tertiary/aromatic N) is 1. The summed E-state index contributed by atoms with van der Waals surface area (Å²) < 4.78 is 73.7. The summed E-state index contributed by atoms with van der Waals surface area (Å²) in [6.45, 7) is 0.215. The highest BCUT2D eigenvalue weighted by atomic mass is 19.4. The van der Waals surface area contributed by atoms with Crippen molar-refractivity contribution in [2.45, 2.75) is 31.6 Å². The highest BCUT2D eigenvalue weighted by Gasteiger charge is 2.61. The van der Waals surface area contributed by atoms with E-state index in [2.05, 4.69) is 0 Å². The monoisotopic (exact) mass is 294 g/mol. The summed E-state index contributed by atoms with van der Waals surface area (Å²) in [5.74, 6) is -5.94. The lowest BCUT2D eigenvalue weighted by atomic mass is 10.1. The number of hydrogen-bond donors (Lipinski definition) is 1. The topological polar surface area (TPSA) is 46.3 Å². The normalized spacial score (nSPS) is 12.9. The molecule has 9 heteroatoms. The first kappa shape index (κ1) is 18.0. The van der Waals surface area contributed by atoms with Crippen LogP contribution in [0.15, 0.2) is 0 Å². The minimum Gasteiger partial charge on any atom is -0.345 e. The third kappa shape index (κ3) is 6.13. The van der Waals surface area contributed by atoms with Gasteiger partial charge in [0, 0.05) is 13.6 Å². The number of amides is 1. The number of unbranched alkanes of at least 4 members (excludes halogenated alkanes) is 2. The largest absolute Gasteiger partial charge is 0.409 e. The molecule has 0 atom stereocenters. The molecule has 0 fully saturated rings. The summed E-state index contributed by atoms with van der Waals surface area (Å²) in [4.78, 5) is 11.7. The van der Waals surface area contributed by atoms with Crippen LogP contribution in [-0.2, 0) is 4.79 Å². The molecule has 0 spiro atoms. The van der Waals surface area contributed by atoms with Crippen LogP contribution in [0.25, 0.3) is 0 Å². The fourth-order valence-corrected chi connectivity index (χ4v) is 1.47. The predicted octanol–water partition coefficient (Wildman–Crippen LogP) is 2.31. The molecule has 3 nitrogen and oxygen atoms in total. The van der Waals surface area contributed by atoms with Crippen LogP contribution in [0.1, 0.15) is 19.3 Å². The number of hydrogen-bond acceptors (Lipinski definition) is 2. The predicted molar refractivity (Wildman–Crippen MR) is 56.1 cm³/mol. The van der Waals surface area contributed by atoms with Crippen molar-refractivity contribution in [2.75, 3.05) is 20.1 Å². The Morgan fingerprint density at radius 2 is 1.53 bits per heavy atom. The molecule has 2 N–H and O–H groups in total. The van der Waals surface area contributed by atoms with E-state index >= 15 is 0 Å². The molecule has 0 aromatic heterocycles. The van der Waals surface area contributed by atoms with Gasteiger partial charge < -0.3 is 10.6 Å². The zero-order valence-corrected chi connectivity index (χ0v) is 10.3. The molecule has 0 aliphatic carbocycles. The van der Waals surface area contributed by atoms with Crippen molar-refractivity contribution < 1.29 is 31.1 Å². The Morgan fingerprint density at radius 1 is 1.05 bits per heavy atom. The van der Waals surface area contributed by atoms with E-state index in [4.69, 9.17) is 5.73 Å². The Kier molecular flexibility index (Phi) is 6.61. The molecule has 0 rings (SSSR count). The van der Waals surface area contributed by atoms with E-state index < -0.39 is 24.2 Å². The van der Waals surface area contributed by atoms with Crippen LogP contribution >= 0.6 is 0 Å². The van der Waals surface area contributed by atoms with Crippen molar-refractivity contribution in [1.29, 1.82) is 0 Å². The Bertz CT molecular complexity index is 275. The fourth-order valence-electron chi connectivity index (χ4n) is 1.47. The molecule has 0 saturated heterocycles. The zero-order valence-electron chi connectivity index (χ0n) is 10.3. The Morgan fingerprint density at radius 3 is 1.89 bits per heavy atom. The molecule has 0 aromatic carbocycles. The second-order valence-electron chi connectivity index (χ2n) is 4.13. The fraction of sp³-hybridized carbons (Fsp3) is 0.900. The van der Waals surface area contributed by atoms with Crippen LogP contribution in [0, 0.1) is 5.92 Å². The molecule has 0 aliphatic rings. The van der Waals surface area contributed by atoms with E-state index in [0.29, 0.717) is 30.7 Å². The standard InChI is InChI=1S/C10H16F6N2O/c1-18(6-4-2-3-5-17)8(19)7(9(11,12)13)10(14,15)16/h7H,2-6,17H2,1H3. The maximum absolute atomic E-state index is 12.3. The van der Waals surface area contributed by atoms with Gasteiger partial charge in [0.2, 0.25) is 11.8 Å². The molecule has 0 heterocycles. The molecule has 0 unspecified atom stereocenters. The van der Waals surface area contributed by atoms with Crippen LogP contribution in [0.2, 0.25) is 0 Å². The second kappa shape index (κ2) is 6.97. The van der Waals surface area contributed by atoms with Crippen molar-refractivity contribution >= 4 is 5.91 Å². The molecular formula is C10H16F6N2O. The molecule has 0 aromatic rings. The number of halogens is 6. The first-order valence-electron chi connectivity index (χ1n) is 5.60. The van der Waals surface area contributed by atoms with Crippen molar-refractivity contribution in [3.63, 3.8) is 0 Å². The van der Waals surface area contributed by atoms with E-state index in [9.17, 15) is 31.1 Å². The quantitative estimate of drug-likeness (QED) is 0.603. The van der Waals surface area contributed by atoms with Crippen LogP contribution in [0.3, 0.4) is 0 Å². The molecule has 1 amide bonds. The minimum atomic E-state index is -5.64. The highest BCUT2D eigenvalue weighted by Crippen LogP contribution is 2.40. The average molecular weight is 294 g/mol. The number of carbonyl (C=O) groups excluding carboxylic acids is 1. The van der Waals surface area contributed by atoms with Gasteiger partial charge in [-0.15, -0.1) is 0 Å². The molecule has 19 heavy (non-hydrogen) atoms. The van der Waals surface area contributed by atoms with Crippen LogP contribution in [0.4, 0.5) is 26.3 Å². The SMILES string of the molecule is CN(CCCCCN)C(=O)C(C(F)(F)F)C(F)(F)F. The summed E-state index contributed by atoms with van der Waals surface area (Å²) in [6.07, 6.45) is -9.83. The van der Waals surface area contributed by atoms with Gasteiger partial charge in [-0.3, -0.25) is 4.79 Å².